The molecule has 34 heavy (non-hydrogen) atoms. The number of nitrogens with zero attached hydrogens (tertiary/aromatic N) is 5. The van der Waals surface area contributed by atoms with Crippen LogP contribution in [-0.4, -0.2) is 30.7 Å². The van der Waals surface area contributed by atoms with Crippen LogP contribution in [0, 0.1) is 0 Å². The van der Waals surface area contributed by atoms with Gasteiger partial charge in [-0.2, -0.15) is 13.2 Å². The molecule has 4 rings (SSSR count). The van der Waals surface area contributed by atoms with Crippen LogP contribution in [0.2, 0.25) is 0 Å². The minimum absolute atomic E-state index is 0.377. The smallest absolute Gasteiger partial charge is 0.364 e. The Labute approximate surface area is 200 Å². The first-order valence-electron chi connectivity index (χ1n) is 11.1. The molecule has 0 amide bonds. The number of thioether (sulfide) groups is 1. The molecule has 0 aliphatic rings. The van der Waals surface area contributed by atoms with Crippen molar-refractivity contribution in [2.24, 2.45) is 0 Å². The Bertz CT molecular complexity index is 1200. The average molecular weight is 487 g/mol. The number of aromatic nitrogens is 5. The molecule has 0 aliphatic carbocycles. The first kappa shape index (κ1) is 24.0. The summed E-state index contributed by atoms with van der Waals surface area (Å²) >= 11 is 1.66. The lowest BCUT2D eigenvalue weighted by Crippen LogP contribution is -2.04. The Hall–Kier alpha value is -3.14. The summed E-state index contributed by atoms with van der Waals surface area (Å²) in [5, 5.41) is 12.3. The van der Waals surface area contributed by atoms with Crippen LogP contribution in [0.5, 0.6) is 0 Å². The number of nitrogens with one attached hydrogen (secondary N) is 1. The van der Waals surface area contributed by atoms with Crippen molar-refractivity contribution >= 4 is 28.5 Å². The molecule has 4 aromatic rings. The predicted octanol–water partition coefficient (Wildman–Crippen LogP) is 6.20. The molecule has 6 nitrogen and oxygen atoms in total. The SMILES string of the molecule is FC(F)(F)c1ccc2c(SCCCCCCn3cc(CNc4ccccn4)nn3)ccnc2c1. The number of rotatable bonds is 11. The fourth-order valence-electron chi connectivity index (χ4n) is 3.51. The zero-order chi connectivity index (χ0) is 23.8. The summed E-state index contributed by atoms with van der Waals surface area (Å²) in [6.07, 6.45) is 5.11. The van der Waals surface area contributed by atoms with Gasteiger partial charge in [-0.1, -0.05) is 30.2 Å². The highest BCUT2D eigenvalue weighted by molar-refractivity contribution is 7.99. The average Bonchev–Trinajstić information content (AvgIpc) is 3.29. The first-order chi connectivity index (χ1) is 16.5. The molecule has 0 radical (unpaired) electrons. The third-order valence-corrected chi connectivity index (χ3v) is 6.43. The van der Waals surface area contributed by atoms with Crippen LogP contribution < -0.4 is 5.32 Å². The van der Waals surface area contributed by atoms with Crippen molar-refractivity contribution < 1.29 is 13.2 Å². The lowest BCUT2D eigenvalue weighted by Gasteiger charge is -2.10. The van der Waals surface area contributed by atoms with Crippen LogP contribution in [0.1, 0.15) is 36.9 Å². The van der Waals surface area contributed by atoms with Gasteiger partial charge in [-0.25, -0.2) is 4.98 Å². The second-order valence-electron chi connectivity index (χ2n) is 7.84. The minimum Gasteiger partial charge on any atom is -0.364 e. The molecule has 0 bridgehead atoms. The molecule has 178 valence electrons. The number of benzene rings is 1. The van der Waals surface area contributed by atoms with Gasteiger partial charge in [0, 0.05) is 29.2 Å². The lowest BCUT2D eigenvalue weighted by atomic mass is 10.1. The highest BCUT2D eigenvalue weighted by Crippen LogP contribution is 2.34. The van der Waals surface area contributed by atoms with Gasteiger partial charge in [0.1, 0.15) is 11.5 Å². The van der Waals surface area contributed by atoms with Crippen LogP contribution in [0.3, 0.4) is 0 Å². The Kier molecular flexibility index (Phi) is 7.99. The molecule has 0 aliphatic heterocycles. The van der Waals surface area contributed by atoms with Crippen LogP contribution in [0.4, 0.5) is 19.0 Å². The Morgan fingerprint density at radius 2 is 1.82 bits per heavy atom. The zero-order valence-corrected chi connectivity index (χ0v) is 19.3. The summed E-state index contributed by atoms with van der Waals surface area (Å²) in [7, 11) is 0. The summed E-state index contributed by atoms with van der Waals surface area (Å²) < 4.78 is 40.6. The van der Waals surface area contributed by atoms with E-state index in [1.165, 1.54) is 6.07 Å². The molecule has 0 saturated carbocycles. The van der Waals surface area contributed by atoms with Crippen molar-refractivity contribution in [2.75, 3.05) is 11.1 Å². The van der Waals surface area contributed by atoms with Crippen LogP contribution in [0.25, 0.3) is 10.9 Å². The number of fused-ring (bicyclic) bond motifs is 1. The van der Waals surface area contributed by atoms with E-state index in [9.17, 15) is 13.2 Å². The van der Waals surface area contributed by atoms with Gasteiger partial charge >= 0.3 is 6.18 Å². The van der Waals surface area contributed by atoms with E-state index in [2.05, 4.69) is 25.6 Å². The maximum Gasteiger partial charge on any atom is 0.416 e. The molecule has 3 aromatic heterocycles. The van der Waals surface area contributed by atoms with Gasteiger partial charge in [0.2, 0.25) is 0 Å². The highest BCUT2D eigenvalue weighted by Gasteiger charge is 2.30. The number of halogens is 3. The Balaban J connectivity index is 1.15. The summed E-state index contributed by atoms with van der Waals surface area (Å²) in [5.74, 6) is 1.72. The first-order valence-corrected chi connectivity index (χ1v) is 12.1. The van der Waals surface area contributed by atoms with Crippen molar-refractivity contribution in [1.82, 2.24) is 25.0 Å². The quantitative estimate of drug-likeness (QED) is 0.201. The summed E-state index contributed by atoms with van der Waals surface area (Å²) in [6, 6.07) is 11.3. The molecule has 10 heteroatoms. The topological polar surface area (TPSA) is 68.5 Å². The lowest BCUT2D eigenvalue weighted by molar-refractivity contribution is -0.137. The van der Waals surface area contributed by atoms with E-state index in [4.69, 9.17) is 0 Å². The van der Waals surface area contributed by atoms with E-state index in [0.717, 1.165) is 71.9 Å². The van der Waals surface area contributed by atoms with E-state index in [0.29, 0.717) is 12.1 Å². The number of alkyl halides is 3. The van der Waals surface area contributed by atoms with Crippen molar-refractivity contribution in [2.45, 2.75) is 49.8 Å². The number of pyridine rings is 2. The molecule has 0 unspecified atom stereocenters. The summed E-state index contributed by atoms with van der Waals surface area (Å²) in [6.45, 7) is 1.40. The molecule has 3 heterocycles. The molecular weight excluding hydrogens is 461 g/mol. The maximum atomic E-state index is 12.9. The van der Waals surface area contributed by atoms with Crippen molar-refractivity contribution in [3.8, 4) is 0 Å². The maximum absolute atomic E-state index is 12.9. The molecule has 1 aromatic carbocycles. The normalized spacial score (nSPS) is 11.7. The van der Waals surface area contributed by atoms with Crippen LogP contribution >= 0.6 is 11.8 Å². The minimum atomic E-state index is -4.36. The highest BCUT2D eigenvalue weighted by atomic mass is 32.2. The fraction of sp³-hybridized carbons (Fsp3) is 0.333. The molecule has 0 spiro atoms. The van der Waals surface area contributed by atoms with Crippen LogP contribution in [-0.2, 0) is 19.3 Å². The number of hydrogen-bond donors (Lipinski definition) is 1. The molecule has 0 atom stereocenters. The predicted molar refractivity (Wildman–Crippen MR) is 128 cm³/mol. The second kappa shape index (κ2) is 11.3. The zero-order valence-electron chi connectivity index (χ0n) is 18.5. The standard InChI is InChI=1S/C24H25F3N6S/c25-24(26,27)18-8-9-20-21(15-18)28-12-10-22(20)34-14-6-2-1-5-13-33-17-19(31-32-33)16-30-23-7-3-4-11-29-23/h3-4,7-12,15,17H,1-2,5-6,13-14,16H2,(H,29,30). The molecule has 0 saturated heterocycles. The number of hydrogen-bond acceptors (Lipinski definition) is 6. The van der Waals surface area contributed by atoms with E-state index >= 15 is 0 Å². The number of aryl methyl sites for hydroxylation is 1. The van der Waals surface area contributed by atoms with Gasteiger partial charge in [-0.3, -0.25) is 9.67 Å². The molecule has 0 fully saturated rings. The van der Waals surface area contributed by atoms with E-state index in [1.54, 1.807) is 24.2 Å². The fourth-order valence-corrected chi connectivity index (χ4v) is 4.57. The van der Waals surface area contributed by atoms with Crippen molar-refractivity contribution in [3.05, 3.63) is 72.3 Å². The summed E-state index contributed by atoms with van der Waals surface area (Å²) in [4.78, 5) is 9.29. The van der Waals surface area contributed by atoms with Gasteiger partial charge in [0.15, 0.2) is 0 Å². The van der Waals surface area contributed by atoms with E-state index < -0.39 is 11.7 Å². The van der Waals surface area contributed by atoms with Gasteiger partial charge in [0.25, 0.3) is 0 Å². The van der Waals surface area contributed by atoms with Gasteiger partial charge in [-0.15, -0.1) is 16.9 Å². The molecule has 1 N–H and O–H groups in total. The van der Waals surface area contributed by atoms with Crippen LogP contribution in [0.15, 0.2) is 66.0 Å². The number of unbranched alkanes of at least 4 members (excludes halogenated alkanes) is 3. The largest absolute Gasteiger partial charge is 0.416 e. The second-order valence-corrected chi connectivity index (χ2v) is 8.98. The number of anilines is 1. The monoisotopic (exact) mass is 486 g/mol. The van der Waals surface area contributed by atoms with Crippen molar-refractivity contribution in [3.63, 3.8) is 0 Å². The Morgan fingerprint density at radius 3 is 2.65 bits per heavy atom. The molecular formula is C24H25F3N6S. The van der Waals surface area contributed by atoms with Gasteiger partial charge < -0.3 is 5.32 Å². The Morgan fingerprint density at radius 1 is 0.941 bits per heavy atom. The van der Waals surface area contributed by atoms with E-state index in [1.807, 2.05) is 35.1 Å². The third-order valence-electron chi connectivity index (χ3n) is 5.27. The van der Waals surface area contributed by atoms with Gasteiger partial charge in [0.05, 0.1) is 23.8 Å². The van der Waals surface area contributed by atoms with Crippen molar-refractivity contribution in [1.29, 1.82) is 0 Å². The summed E-state index contributed by atoms with van der Waals surface area (Å²) in [5.41, 5.74) is 0.579. The van der Waals surface area contributed by atoms with Gasteiger partial charge in [-0.05, 0) is 48.9 Å². The third kappa shape index (κ3) is 6.69. The van der Waals surface area contributed by atoms with E-state index in [-0.39, 0.29) is 0 Å².